The largest absolute Gasteiger partial charge is 0.480 e. The first-order valence-electron chi connectivity index (χ1n) is 8.36. The van der Waals surface area contributed by atoms with Gasteiger partial charge in [-0.1, -0.05) is 34.1 Å². The van der Waals surface area contributed by atoms with Crippen LogP contribution >= 0.6 is 0 Å². The fourth-order valence-electron chi connectivity index (χ4n) is 2.24. The van der Waals surface area contributed by atoms with Gasteiger partial charge in [0.2, 0.25) is 17.7 Å². The Labute approximate surface area is 147 Å². The van der Waals surface area contributed by atoms with Gasteiger partial charge in [-0.15, -0.1) is 0 Å². The third-order valence-electron chi connectivity index (χ3n) is 3.88. The van der Waals surface area contributed by atoms with Crippen LogP contribution in [-0.4, -0.2) is 46.9 Å². The fourth-order valence-corrected chi connectivity index (χ4v) is 2.24. The second-order valence-electron chi connectivity index (χ2n) is 6.68. The van der Waals surface area contributed by atoms with E-state index in [4.69, 9.17) is 16.6 Å². The first-order chi connectivity index (χ1) is 11.5. The van der Waals surface area contributed by atoms with E-state index in [0.717, 1.165) is 0 Å². The van der Waals surface area contributed by atoms with E-state index in [1.807, 2.05) is 20.8 Å². The lowest BCUT2D eigenvalue weighted by molar-refractivity contribution is -0.144. The van der Waals surface area contributed by atoms with E-state index in [9.17, 15) is 19.2 Å². The van der Waals surface area contributed by atoms with E-state index in [-0.39, 0.29) is 11.8 Å². The molecule has 7 N–H and O–H groups in total. The third-order valence-corrected chi connectivity index (χ3v) is 3.88. The van der Waals surface area contributed by atoms with Gasteiger partial charge in [0, 0.05) is 0 Å². The zero-order valence-electron chi connectivity index (χ0n) is 15.2. The van der Waals surface area contributed by atoms with Gasteiger partial charge in [0.1, 0.15) is 12.1 Å². The Balaban J connectivity index is 5.12. The summed E-state index contributed by atoms with van der Waals surface area (Å²) < 4.78 is 0. The molecule has 0 bridgehead atoms. The number of hydrogen-bond donors (Lipinski definition) is 5. The molecule has 0 spiro atoms. The number of primary amides is 1. The summed E-state index contributed by atoms with van der Waals surface area (Å²) in [7, 11) is 0. The molecule has 25 heavy (non-hydrogen) atoms. The number of carbonyl (C=O) groups is 4. The number of nitrogens with two attached hydrogens (primary N) is 2. The maximum atomic E-state index is 12.4. The van der Waals surface area contributed by atoms with E-state index in [1.54, 1.807) is 6.92 Å². The second-order valence-corrected chi connectivity index (χ2v) is 6.68. The number of hydrogen-bond acceptors (Lipinski definition) is 5. The van der Waals surface area contributed by atoms with Crippen molar-refractivity contribution in [1.82, 2.24) is 10.6 Å². The fraction of sp³-hybridized carbons (Fsp3) is 0.750. The number of carboxylic acids is 1. The van der Waals surface area contributed by atoms with E-state index in [1.165, 1.54) is 0 Å². The number of rotatable bonds is 11. The molecule has 0 aromatic carbocycles. The molecule has 9 heteroatoms. The van der Waals surface area contributed by atoms with E-state index in [2.05, 4.69) is 10.6 Å². The molecule has 0 aromatic rings. The van der Waals surface area contributed by atoms with Crippen molar-refractivity contribution in [2.75, 3.05) is 0 Å². The van der Waals surface area contributed by atoms with Crippen LogP contribution in [0.25, 0.3) is 0 Å². The highest BCUT2D eigenvalue weighted by Gasteiger charge is 2.31. The Morgan fingerprint density at radius 1 is 1.04 bits per heavy atom. The van der Waals surface area contributed by atoms with Crippen LogP contribution in [0, 0.1) is 11.8 Å². The Kier molecular flexibility index (Phi) is 9.73. The van der Waals surface area contributed by atoms with Crippen LogP contribution in [0.1, 0.15) is 47.0 Å². The van der Waals surface area contributed by atoms with Crippen molar-refractivity contribution in [2.45, 2.75) is 65.1 Å². The lowest BCUT2D eigenvalue weighted by atomic mass is 9.96. The van der Waals surface area contributed by atoms with Gasteiger partial charge in [-0.05, 0) is 18.3 Å². The van der Waals surface area contributed by atoms with Crippen molar-refractivity contribution in [3.8, 4) is 0 Å². The molecule has 0 heterocycles. The third kappa shape index (κ3) is 8.48. The summed E-state index contributed by atoms with van der Waals surface area (Å²) in [6.45, 7) is 7.44. The summed E-state index contributed by atoms with van der Waals surface area (Å²) in [5, 5.41) is 13.9. The first-order valence-corrected chi connectivity index (χ1v) is 8.36. The molecule has 0 aromatic heterocycles. The lowest BCUT2D eigenvalue weighted by Gasteiger charge is -2.26. The number of carbonyl (C=O) groups excluding carboxylic acids is 3. The molecular formula is C16H30N4O5. The van der Waals surface area contributed by atoms with Crippen molar-refractivity contribution >= 4 is 23.7 Å². The van der Waals surface area contributed by atoms with Crippen molar-refractivity contribution < 1.29 is 24.3 Å². The highest BCUT2D eigenvalue weighted by Crippen LogP contribution is 2.10. The Morgan fingerprint density at radius 3 is 2.00 bits per heavy atom. The molecule has 0 saturated heterocycles. The van der Waals surface area contributed by atoms with Crippen LogP contribution in [0.3, 0.4) is 0 Å². The van der Waals surface area contributed by atoms with Crippen LogP contribution in [0.5, 0.6) is 0 Å². The van der Waals surface area contributed by atoms with Gasteiger partial charge in [0.05, 0.1) is 12.5 Å². The molecular weight excluding hydrogens is 328 g/mol. The molecule has 3 amide bonds. The summed E-state index contributed by atoms with van der Waals surface area (Å²) in [4.78, 5) is 46.7. The predicted octanol–water partition coefficient (Wildman–Crippen LogP) is -0.664. The van der Waals surface area contributed by atoms with Gasteiger partial charge in [-0.3, -0.25) is 14.4 Å². The Morgan fingerprint density at radius 2 is 1.60 bits per heavy atom. The summed E-state index contributed by atoms with van der Waals surface area (Å²) in [5.74, 6) is -3.43. The van der Waals surface area contributed by atoms with E-state index < -0.39 is 48.2 Å². The highest BCUT2D eigenvalue weighted by atomic mass is 16.4. The van der Waals surface area contributed by atoms with Gasteiger partial charge in [0.25, 0.3) is 0 Å². The average molecular weight is 358 g/mol. The number of amides is 3. The van der Waals surface area contributed by atoms with Crippen LogP contribution in [0.4, 0.5) is 0 Å². The monoisotopic (exact) mass is 358 g/mol. The summed E-state index contributed by atoms with van der Waals surface area (Å²) >= 11 is 0. The molecule has 0 aliphatic rings. The standard InChI is InChI=1S/C16H30N4O5/c1-5-9(4)13(20-14(22)10(17)6-8(2)3)15(23)19-11(16(24)25)7-12(18)21/h8-11,13H,5-7,17H2,1-4H3,(H2,18,21)(H,19,23)(H,20,22)(H,24,25). The minimum atomic E-state index is -1.45. The van der Waals surface area contributed by atoms with Crippen molar-refractivity contribution in [2.24, 2.45) is 23.3 Å². The van der Waals surface area contributed by atoms with Crippen LogP contribution < -0.4 is 22.1 Å². The molecule has 0 aliphatic heterocycles. The van der Waals surface area contributed by atoms with Crippen molar-refractivity contribution in [3.05, 3.63) is 0 Å². The van der Waals surface area contributed by atoms with Gasteiger partial charge >= 0.3 is 5.97 Å². The minimum absolute atomic E-state index is 0.212. The van der Waals surface area contributed by atoms with Gasteiger partial charge in [-0.25, -0.2) is 4.79 Å². The number of nitrogens with one attached hydrogen (secondary N) is 2. The molecule has 9 nitrogen and oxygen atoms in total. The molecule has 4 unspecified atom stereocenters. The molecule has 0 saturated carbocycles. The SMILES string of the molecule is CCC(C)C(NC(=O)C(N)CC(C)C)C(=O)NC(CC(N)=O)C(=O)O. The summed E-state index contributed by atoms with van der Waals surface area (Å²) in [6, 6.07) is -3.16. The van der Waals surface area contributed by atoms with Crippen molar-refractivity contribution in [1.29, 1.82) is 0 Å². The van der Waals surface area contributed by atoms with Crippen molar-refractivity contribution in [3.63, 3.8) is 0 Å². The average Bonchev–Trinajstić information content (AvgIpc) is 2.49. The number of aliphatic carboxylic acids is 1. The topological polar surface area (TPSA) is 165 Å². The van der Waals surface area contributed by atoms with E-state index in [0.29, 0.717) is 12.8 Å². The number of carboxylic acid groups (broad SMARTS) is 1. The maximum absolute atomic E-state index is 12.4. The quantitative estimate of drug-likeness (QED) is 0.329. The maximum Gasteiger partial charge on any atom is 0.326 e. The van der Waals surface area contributed by atoms with Crippen LogP contribution in [0.2, 0.25) is 0 Å². The van der Waals surface area contributed by atoms with Gasteiger partial charge in [-0.2, -0.15) is 0 Å². The van der Waals surface area contributed by atoms with Gasteiger partial charge in [0.15, 0.2) is 0 Å². The highest BCUT2D eigenvalue weighted by molar-refractivity contribution is 5.93. The smallest absolute Gasteiger partial charge is 0.326 e. The molecule has 0 fully saturated rings. The Bertz CT molecular complexity index is 495. The normalized spacial score (nSPS) is 15.8. The lowest BCUT2D eigenvalue weighted by Crippen LogP contribution is -2.57. The molecule has 4 atom stereocenters. The van der Waals surface area contributed by atoms with Crippen LogP contribution in [0.15, 0.2) is 0 Å². The molecule has 144 valence electrons. The predicted molar refractivity (Wildman–Crippen MR) is 92.2 cm³/mol. The molecule has 0 aliphatic carbocycles. The molecule has 0 radical (unpaired) electrons. The Hall–Kier alpha value is -2.16. The second kappa shape index (κ2) is 10.7. The first kappa shape index (κ1) is 22.8. The molecule has 0 rings (SSSR count). The van der Waals surface area contributed by atoms with Crippen LogP contribution in [-0.2, 0) is 19.2 Å². The summed E-state index contributed by atoms with van der Waals surface area (Å²) in [5.41, 5.74) is 10.8. The van der Waals surface area contributed by atoms with Gasteiger partial charge < -0.3 is 27.2 Å². The minimum Gasteiger partial charge on any atom is -0.480 e. The van der Waals surface area contributed by atoms with E-state index >= 15 is 0 Å². The summed E-state index contributed by atoms with van der Waals surface area (Å²) in [6.07, 6.45) is 0.501. The zero-order valence-corrected chi connectivity index (χ0v) is 15.2. The zero-order chi connectivity index (χ0) is 19.7.